The molecule has 0 saturated carbocycles. The van der Waals surface area contributed by atoms with Crippen LogP contribution in [0.5, 0.6) is 11.5 Å². The largest absolute Gasteiger partial charge is 0.496 e. The molecule has 1 unspecified atom stereocenters. The Labute approximate surface area is 125 Å². The quantitative estimate of drug-likeness (QED) is 0.939. The van der Waals surface area contributed by atoms with Crippen molar-refractivity contribution in [1.29, 1.82) is 0 Å². The molecule has 0 radical (unpaired) electrons. The van der Waals surface area contributed by atoms with Crippen molar-refractivity contribution in [2.45, 2.75) is 26.4 Å². The van der Waals surface area contributed by atoms with Gasteiger partial charge in [-0.05, 0) is 65.9 Å². The minimum absolute atomic E-state index is 0.626. The summed E-state index contributed by atoms with van der Waals surface area (Å²) in [7, 11) is 1.67. The van der Waals surface area contributed by atoms with E-state index in [0.717, 1.165) is 46.8 Å². The van der Waals surface area contributed by atoms with Crippen LogP contribution in [0.1, 0.15) is 33.9 Å². The number of rotatable bonds is 3. The van der Waals surface area contributed by atoms with Crippen LogP contribution in [0.3, 0.4) is 0 Å². The van der Waals surface area contributed by atoms with Gasteiger partial charge in [-0.1, -0.05) is 6.07 Å². The first kappa shape index (κ1) is 14.0. The van der Waals surface area contributed by atoms with E-state index in [0.29, 0.717) is 0 Å². The van der Waals surface area contributed by atoms with E-state index in [1.54, 1.807) is 7.11 Å². The van der Waals surface area contributed by atoms with Crippen LogP contribution in [-0.2, 0) is 6.42 Å². The topological polar surface area (TPSA) is 38.7 Å². The molecule has 0 saturated heterocycles. The second kappa shape index (κ2) is 5.41. The van der Waals surface area contributed by atoms with Gasteiger partial charge in [0.1, 0.15) is 17.6 Å². The summed E-state index contributed by atoms with van der Waals surface area (Å²) in [6.45, 7) is 4.73. The molecule has 0 bridgehead atoms. The Balaban J connectivity index is 1.97. The molecule has 2 aromatic rings. The molecule has 0 spiro atoms. The number of benzene rings is 2. The maximum Gasteiger partial charge on any atom is 0.124 e. The molecule has 1 atom stereocenters. The van der Waals surface area contributed by atoms with Gasteiger partial charge in [0, 0.05) is 6.42 Å². The van der Waals surface area contributed by atoms with Crippen molar-refractivity contribution in [2.24, 2.45) is 0 Å². The number of hydrogen-bond donors (Lipinski definition) is 1. The summed E-state index contributed by atoms with van der Waals surface area (Å²) in [5.74, 6) is 1.82. The number of aliphatic hydroxyl groups is 1. The van der Waals surface area contributed by atoms with Gasteiger partial charge in [-0.25, -0.2) is 0 Å². The van der Waals surface area contributed by atoms with Gasteiger partial charge in [0.05, 0.1) is 13.7 Å². The highest BCUT2D eigenvalue weighted by Gasteiger charge is 2.18. The fourth-order valence-corrected chi connectivity index (χ4v) is 3.03. The molecule has 1 heterocycles. The molecule has 0 aliphatic carbocycles. The van der Waals surface area contributed by atoms with E-state index in [1.165, 1.54) is 5.56 Å². The average molecular weight is 284 g/mol. The first-order valence-electron chi connectivity index (χ1n) is 7.19. The number of ether oxygens (including phenoxy) is 2. The molecular weight excluding hydrogens is 264 g/mol. The highest BCUT2D eigenvalue weighted by molar-refractivity contribution is 5.47. The first-order chi connectivity index (χ1) is 10.1. The van der Waals surface area contributed by atoms with Crippen molar-refractivity contribution in [1.82, 2.24) is 0 Å². The van der Waals surface area contributed by atoms with Crippen molar-refractivity contribution in [3.05, 3.63) is 58.1 Å². The SMILES string of the molecule is COc1c(C)cc(C(O)c2ccc3c(c2)CCO3)cc1C. The van der Waals surface area contributed by atoms with Crippen molar-refractivity contribution >= 4 is 0 Å². The summed E-state index contributed by atoms with van der Waals surface area (Å²) in [6.07, 6.45) is 0.288. The van der Waals surface area contributed by atoms with Crippen LogP contribution in [0, 0.1) is 13.8 Å². The summed E-state index contributed by atoms with van der Waals surface area (Å²) < 4.78 is 10.9. The van der Waals surface area contributed by atoms with Gasteiger partial charge in [0.25, 0.3) is 0 Å². The molecule has 110 valence electrons. The molecule has 21 heavy (non-hydrogen) atoms. The van der Waals surface area contributed by atoms with Crippen molar-refractivity contribution in [2.75, 3.05) is 13.7 Å². The van der Waals surface area contributed by atoms with Crippen molar-refractivity contribution in [3.8, 4) is 11.5 Å². The number of fused-ring (bicyclic) bond motifs is 1. The van der Waals surface area contributed by atoms with Gasteiger partial charge in [0.2, 0.25) is 0 Å². The molecule has 3 nitrogen and oxygen atoms in total. The smallest absolute Gasteiger partial charge is 0.124 e. The highest BCUT2D eigenvalue weighted by Crippen LogP contribution is 2.33. The minimum atomic E-state index is -0.626. The summed E-state index contributed by atoms with van der Waals surface area (Å²) >= 11 is 0. The van der Waals surface area contributed by atoms with Gasteiger partial charge in [-0.3, -0.25) is 0 Å². The van der Waals surface area contributed by atoms with Crippen LogP contribution in [0.4, 0.5) is 0 Å². The maximum atomic E-state index is 10.7. The van der Waals surface area contributed by atoms with Gasteiger partial charge in [0.15, 0.2) is 0 Å². The lowest BCUT2D eigenvalue weighted by Crippen LogP contribution is -2.02. The summed E-state index contributed by atoms with van der Waals surface area (Å²) in [4.78, 5) is 0. The lowest BCUT2D eigenvalue weighted by atomic mass is 9.96. The zero-order valence-electron chi connectivity index (χ0n) is 12.6. The van der Waals surface area contributed by atoms with E-state index in [9.17, 15) is 5.11 Å². The zero-order valence-corrected chi connectivity index (χ0v) is 12.6. The lowest BCUT2D eigenvalue weighted by molar-refractivity contribution is 0.220. The standard InChI is InChI=1S/C18H20O3/c1-11-8-15(9-12(2)18(11)20-3)17(19)14-4-5-16-13(10-14)6-7-21-16/h4-5,8-10,17,19H,6-7H2,1-3H3. The highest BCUT2D eigenvalue weighted by atomic mass is 16.5. The van der Waals surface area contributed by atoms with Gasteiger partial charge in [-0.2, -0.15) is 0 Å². The predicted octanol–water partition coefficient (Wildman–Crippen LogP) is 3.33. The second-order valence-electron chi connectivity index (χ2n) is 5.56. The van der Waals surface area contributed by atoms with Gasteiger partial charge >= 0.3 is 0 Å². The van der Waals surface area contributed by atoms with Crippen molar-refractivity contribution < 1.29 is 14.6 Å². The summed E-state index contributed by atoms with van der Waals surface area (Å²) in [5, 5.41) is 10.7. The predicted molar refractivity (Wildman–Crippen MR) is 82.2 cm³/mol. The van der Waals surface area contributed by atoms with Crippen LogP contribution in [0.15, 0.2) is 30.3 Å². The van der Waals surface area contributed by atoms with E-state index in [2.05, 4.69) is 0 Å². The van der Waals surface area contributed by atoms with Gasteiger partial charge in [-0.15, -0.1) is 0 Å². The molecule has 0 amide bonds. The second-order valence-corrected chi connectivity index (χ2v) is 5.56. The fourth-order valence-electron chi connectivity index (χ4n) is 3.03. The van der Waals surface area contributed by atoms with Gasteiger partial charge < -0.3 is 14.6 Å². The molecular formula is C18H20O3. The normalized spacial score (nSPS) is 14.5. The first-order valence-corrected chi connectivity index (χ1v) is 7.19. The summed E-state index contributed by atoms with van der Waals surface area (Å²) in [5.41, 5.74) is 5.05. The molecule has 0 aromatic heterocycles. The summed E-state index contributed by atoms with van der Waals surface area (Å²) in [6, 6.07) is 9.90. The molecule has 1 N–H and O–H groups in total. The third-order valence-corrected chi connectivity index (χ3v) is 4.03. The van der Waals surface area contributed by atoms with Crippen LogP contribution >= 0.6 is 0 Å². The van der Waals surface area contributed by atoms with E-state index in [4.69, 9.17) is 9.47 Å². The van der Waals surface area contributed by atoms with E-state index in [-0.39, 0.29) is 0 Å². The lowest BCUT2D eigenvalue weighted by Gasteiger charge is -2.16. The minimum Gasteiger partial charge on any atom is -0.496 e. The Hall–Kier alpha value is -2.00. The third-order valence-electron chi connectivity index (χ3n) is 4.03. The van der Waals surface area contributed by atoms with E-state index in [1.807, 2.05) is 44.2 Å². The molecule has 3 rings (SSSR count). The van der Waals surface area contributed by atoms with Crippen LogP contribution in [0.25, 0.3) is 0 Å². The average Bonchev–Trinajstić information content (AvgIpc) is 2.93. The monoisotopic (exact) mass is 284 g/mol. The fraction of sp³-hybridized carbons (Fsp3) is 0.333. The Kier molecular flexibility index (Phi) is 3.60. The number of aliphatic hydroxyl groups excluding tert-OH is 1. The van der Waals surface area contributed by atoms with Crippen LogP contribution in [0.2, 0.25) is 0 Å². The third kappa shape index (κ3) is 2.49. The van der Waals surface area contributed by atoms with E-state index < -0.39 is 6.10 Å². The Morgan fingerprint density at radius 1 is 1.10 bits per heavy atom. The Morgan fingerprint density at radius 2 is 1.81 bits per heavy atom. The Bertz CT molecular complexity index is 653. The molecule has 2 aromatic carbocycles. The van der Waals surface area contributed by atoms with Crippen LogP contribution in [-0.4, -0.2) is 18.8 Å². The van der Waals surface area contributed by atoms with Crippen LogP contribution < -0.4 is 9.47 Å². The zero-order chi connectivity index (χ0) is 15.0. The molecule has 3 heteroatoms. The number of hydrogen-bond acceptors (Lipinski definition) is 3. The maximum absolute atomic E-state index is 10.7. The molecule has 0 fully saturated rings. The Morgan fingerprint density at radius 3 is 2.48 bits per heavy atom. The van der Waals surface area contributed by atoms with Crippen molar-refractivity contribution in [3.63, 3.8) is 0 Å². The number of methoxy groups -OCH3 is 1. The molecule has 1 aliphatic heterocycles. The number of aryl methyl sites for hydroxylation is 2. The molecule has 1 aliphatic rings. The van der Waals surface area contributed by atoms with E-state index >= 15 is 0 Å².